The highest BCUT2D eigenvalue weighted by atomic mass is 35.5. The van der Waals surface area contributed by atoms with Crippen LogP contribution in [-0.4, -0.2) is 33.0 Å². The Bertz CT molecular complexity index is 569. The van der Waals surface area contributed by atoms with E-state index in [0.717, 1.165) is 0 Å². The molecule has 0 atom stereocenters. The number of ether oxygens (including phenoxy) is 3. The van der Waals surface area contributed by atoms with Crippen molar-refractivity contribution in [2.75, 3.05) is 25.7 Å². The lowest BCUT2D eigenvalue weighted by molar-refractivity contribution is 0.124. The van der Waals surface area contributed by atoms with Crippen LogP contribution in [0, 0.1) is 11.3 Å². The second-order valence-electron chi connectivity index (χ2n) is 4.79. The average Bonchev–Trinajstić information content (AvgIpc) is 2.45. The van der Waals surface area contributed by atoms with Crippen molar-refractivity contribution in [2.24, 2.45) is 0 Å². The Labute approximate surface area is 135 Å². The summed E-state index contributed by atoms with van der Waals surface area (Å²) in [5, 5.41) is 8.92. The smallest absolute Gasteiger partial charge is 0.414 e. The van der Waals surface area contributed by atoms with Gasteiger partial charge in [0.2, 0.25) is 0 Å². The van der Waals surface area contributed by atoms with E-state index in [4.69, 9.17) is 31.1 Å². The molecule has 0 bridgehead atoms. The van der Waals surface area contributed by atoms with Crippen molar-refractivity contribution >= 4 is 23.4 Å². The summed E-state index contributed by atoms with van der Waals surface area (Å²) >= 11 is 6.19. The zero-order chi connectivity index (χ0) is 16.7. The molecule has 0 radical (unpaired) electrons. The predicted molar refractivity (Wildman–Crippen MR) is 83.3 cm³/mol. The van der Waals surface area contributed by atoms with E-state index in [1.807, 2.05) is 6.07 Å². The maximum atomic E-state index is 11.9. The number of halogens is 1. The van der Waals surface area contributed by atoms with Crippen LogP contribution in [0.15, 0.2) is 12.1 Å². The Morgan fingerprint density at radius 1 is 1.45 bits per heavy atom. The molecule has 0 spiro atoms. The molecule has 0 fully saturated rings. The Kier molecular flexibility index (Phi) is 6.96. The SMILES string of the molecule is COCc1cc(N(C)C(=O)OC(C)C)cc(Cl)c1OCC#N. The van der Waals surface area contributed by atoms with Crippen molar-refractivity contribution in [2.45, 2.75) is 26.6 Å². The molecule has 6 nitrogen and oxygen atoms in total. The molecule has 1 aromatic rings. The Hall–Kier alpha value is -1.97. The largest absolute Gasteiger partial charge is 0.477 e. The number of nitrogens with zero attached hydrogens (tertiary/aromatic N) is 2. The van der Waals surface area contributed by atoms with E-state index >= 15 is 0 Å². The van der Waals surface area contributed by atoms with Crippen LogP contribution >= 0.6 is 11.6 Å². The molecule has 22 heavy (non-hydrogen) atoms. The zero-order valence-electron chi connectivity index (χ0n) is 13.1. The van der Waals surface area contributed by atoms with Gasteiger partial charge in [0.05, 0.1) is 17.7 Å². The van der Waals surface area contributed by atoms with Crippen LogP contribution in [0.2, 0.25) is 5.02 Å². The third-order valence-electron chi connectivity index (χ3n) is 2.68. The number of nitriles is 1. The lowest BCUT2D eigenvalue weighted by Crippen LogP contribution is -2.29. The fraction of sp³-hybridized carbons (Fsp3) is 0.467. The van der Waals surface area contributed by atoms with Crippen molar-refractivity contribution < 1.29 is 19.0 Å². The van der Waals surface area contributed by atoms with Crippen LogP contribution in [0.1, 0.15) is 19.4 Å². The molecule has 0 saturated carbocycles. The number of benzene rings is 1. The van der Waals surface area contributed by atoms with Gasteiger partial charge in [0, 0.05) is 25.4 Å². The maximum Gasteiger partial charge on any atom is 0.414 e. The van der Waals surface area contributed by atoms with Crippen LogP contribution in [0.3, 0.4) is 0 Å². The van der Waals surface area contributed by atoms with E-state index in [2.05, 4.69) is 0 Å². The molecule has 0 unspecified atom stereocenters. The highest BCUT2D eigenvalue weighted by Crippen LogP contribution is 2.34. The zero-order valence-corrected chi connectivity index (χ0v) is 13.8. The molecule has 0 heterocycles. The summed E-state index contributed by atoms with van der Waals surface area (Å²) in [5.74, 6) is 0.374. The molecule has 0 aliphatic rings. The third kappa shape index (κ3) is 4.79. The first-order chi connectivity index (χ1) is 10.4. The highest BCUT2D eigenvalue weighted by Gasteiger charge is 2.18. The van der Waals surface area contributed by atoms with Gasteiger partial charge in [-0.05, 0) is 26.0 Å². The van der Waals surface area contributed by atoms with E-state index in [1.54, 1.807) is 33.0 Å². The lowest BCUT2D eigenvalue weighted by atomic mass is 10.1. The first-order valence-electron chi connectivity index (χ1n) is 6.66. The second kappa shape index (κ2) is 8.47. The van der Waals surface area contributed by atoms with E-state index < -0.39 is 6.09 Å². The van der Waals surface area contributed by atoms with Crippen LogP contribution in [0.4, 0.5) is 10.5 Å². The van der Waals surface area contributed by atoms with Gasteiger partial charge in [0.15, 0.2) is 6.61 Å². The number of rotatable bonds is 6. The Morgan fingerprint density at radius 3 is 2.68 bits per heavy atom. The van der Waals surface area contributed by atoms with E-state index in [9.17, 15) is 4.79 Å². The number of methoxy groups -OCH3 is 1. The standard InChI is InChI=1S/C15H19ClN2O4/c1-10(2)22-15(19)18(3)12-7-11(9-20-4)14(13(16)8-12)21-6-5-17/h7-8,10H,6,9H2,1-4H3. The quantitative estimate of drug-likeness (QED) is 0.801. The van der Waals surface area contributed by atoms with Gasteiger partial charge < -0.3 is 14.2 Å². The minimum absolute atomic E-state index is 0.124. The average molecular weight is 327 g/mol. The highest BCUT2D eigenvalue weighted by molar-refractivity contribution is 6.32. The van der Waals surface area contributed by atoms with Crippen molar-refractivity contribution in [3.8, 4) is 11.8 Å². The van der Waals surface area contributed by atoms with Crippen LogP contribution in [-0.2, 0) is 16.1 Å². The Balaban J connectivity index is 3.12. The molecule has 7 heteroatoms. The van der Waals surface area contributed by atoms with Gasteiger partial charge in [0.1, 0.15) is 11.8 Å². The second-order valence-corrected chi connectivity index (χ2v) is 5.19. The number of hydrogen-bond acceptors (Lipinski definition) is 5. The van der Waals surface area contributed by atoms with Gasteiger partial charge in [-0.1, -0.05) is 11.6 Å². The number of amides is 1. The molecule has 1 aromatic carbocycles. The first-order valence-corrected chi connectivity index (χ1v) is 7.04. The molecule has 0 saturated heterocycles. The molecule has 120 valence electrons. The van der Waals surface area contributed by atoms with E-state index in [1.165, 1.54) is 12.0 Å². The van der Waals surface area contributed by atoms with Gasteiger partial charge in [0.25, 0.3) is 0 Å². The van der Waals surface area contributed by atoms with E-state index in [0.29, 0.717) is 22.0 Å². The number of hydrogen-bond donors (Lipinski definition) is 0. The van der Waals surface area contributed by atoms with Crippen LogP contribution < -0.4 is 9.64 Å². The summed E-state index contributed by atoms with van der Waals surface area (Å²) in [4.78, 5) is 13.3. The fourth-order valence-electron chi connectivity index (χ4n) is 1.74. The van der Waals surface area contributed by atoms with Crippen LogP contribution in [0.25, 0.3) is 0 Å². The van der Waals surface area contributed by atoms with Crippen molar-refractivity contribution in [1.29, 1.82) is 5.26 Å². The first kappa shape index (κ1) is 18.1. The van der Waals surface area contributed by atoms with Crippen molar-refractivity contribution in [1.82, 2.24) is 0 Å². The monoisotopic (exact) mass is 326 g/mol. The lowest BCUT2D eigenvalue weighted by Gasteiger charge is -2.21. The Morgan fingerprint density at radius 2 is 2.14 bits per heavy atom. The molecular formula is C15H19ClN2O4. The molecule has 1 amide bonds. The van der Waals surface area contributed by atoms with Gasteiger partial charge in [-0.2, -0.15) is 5.26 Å². The van der Waals surface area contributed by atoms with Gasteiger partial charge in [-0.25, -0.2) is 4.79 Å². The van der Waals surface area contributed by atoms with Gasteiger partial charge in [-0.15, -0.1) is 0 Å². The molecule has 1 rings (SSSR count). The predicted octanol–water partition coefficient (Wildman–Crippen LogP) is 3.37. The molecule has 0 aliphatic heterocycles. The maximum absolute atomic E-state index is 11.9. The van der Waals surface area contributed by atoms with Gasteiger partial charge in [-0.3, -0.25) is 4.90 Å². The summed E-state index contributed by atoms with van der Waals surface area (Å²) in [5.41, 5.74) is 1.19. The number of carbonyl (C=O) groups is 1. The normalized spacial score (nSPS) is 10.2. The summed E-state index contributed by atoms with van der Waals surface area (Å²) < 4.78 is 15.6. The van der Waals surface area contributed by atoms with Crippen molar-refractivity contribution in [3.05, 3.63) is 22.7 Å². The summed E-state index contributed by atoms with van der Waals surface area (Å²) in [6.45, 7) is 3.66. The number of carbonyl (C=O) groups excluding carboxylic acids is 1. The topological polar surface area (TPSA) is 71.8 Å². The van der Waals surface area contributed by atoms with Gasteiger partial charge >= 0.3 is 6.09 Å². The molecular weight excluding hydrogens is 308 g/mol. The van der Waals surface area contributed by atoms with Crippen molar-refractivity contribution in [3.63, 3.8) is 0 Å². The minimum atomic E-state index is -0.486. The van der Waals surface area contributed by atoms with Crippen LogP contribution in [0.5, 0.6) is 5.75 Å². The molecule has 0 aromatic heterocycles. The summed E-state index contributed by atoms with van der Waals surface area (Å²) in [7, 11) is 3.12. The third-order valence-corrected chi connectivity index (χ3v) is 2.96. The molecule has 0 N–H and O–H groups in total. The van der Waals surface area contributed by atoms with E-state index in [-0.39, 0.29) is 19.3 Å². The molecule has 0 aliphatic carbocycles. The summed E-state index contributed by atoms with van der Waals surface area (Å²) in [6, 6.07) is 5.17. The minimum Gasteiger partial charge on any atom is -0.477 e. The summed E-state index contributed by atoms with van der Waals surface area (Å²) in [6.07, 6.45) is -0.706. The number of anilines is 1. The fourth-order valence-corrected chi connectivity index (χ4v) is 2.03.